The van der Waals surface area contributed by atoms with Crippen LogP contribution in [-0.4, -0.2) is 37.2 Å². The second-order valence-corrected chi connectivity index (χ2v) is 21.6. The Labute approximate surface area is 482 Å². The van der Waals surface area contributed by atoms with Crippen LogP contribution in [0.4, 0.5) is 0 Å². The van der Waals surface area contributed by atoms with E-state index >= 15 is 0 Å². The fraction of sp³-hybridized carbons (Fsp3) is 0.708. The Hall–Kier alpha value is -3.93. The molecule has 0 rings (SSSR count). The lowest BCUT2D eigenvalue weighted by Gasteiger charge is -2.18. The van der Waals surface area contributed by atoms with Crippen LogP contribution in [0.3, 0.4) is 0 Å². The van der Waals surface area contributed by atoms with Gasteiger partial charge in [-0.3, -0.25) is 14.4 Å². The monoisotopic (exact) mass is 1080 g/mol. The Morgan fingerprint density at radius 1 is 0.282 bits per heavy atom. The SMILES string of the molecule is CC/C=C\C/C=C\C/C=C\C/C=C\C/C=C\CC(=O)OC(COC(=O)CCCCCCCCCCCCCCCC)COC(=O)CCCCCCCCCCCCCCCCCCCC/C=C\C/C=C\C/C=C\C/C=C\CC. The topological polar surface area (TPSA) is 78.9 Å². The molecule has 0 spiro atoms. The number of rotatable bonds is 59. The van der Waals surface area contributed by atoms with Crippen LogP contribution in [0, 0.1) is 0 Å². The molecule has 0 fully saturated rings. The highest BCUT2D eigenvalue weighted by atomic mass is 16.6. The summed E-state index contributed by atoms with van der Waals surface area (Å²) in [5, 5.41) is 0. The molecule has 1 atom stereocenters. The van der Waals surface area contributed by atoms with E-state index in [-0.39, 0.29) is 31.6 Å². The minimum Gasteiger partial charge on any atom is -0.462 e. The molecule has 0 radical (unpaired) electrons. The molecule has 0 heterocycles. The molecule has 0 aliphatic heterocycles. The van der Waals surface area contributed by atoms with E-state index in [1.807, 2.05) is 6.08 Å². The second-order valence-electron chi connectivity index (χ2n) is 21.6. The average molecular weight is 1080 g/mol. The number of hydrogen-bond donors (Lipinski definition) is 0. The van der Waals surface area contributed by atoms with Crippen molar-refractivity contribution in [2.75, 3.05) is 13.2 Å². The molecular weight excluding hydrogens is 961 g/mol. The van der Waals surface area contributed by atoms with Crippen molar-refractivity contribution in [3.05, 3.63) is 109 Å². The number of ether oxygens (including phenoxy) is 3. The fourth-order valence-corrected chi connectivity index (χ4v) is 9.22. The van der Waals surface area contributed by atoms with Crippen LogP contribution < -0.4 is 0 Å². The summed E-state index contributed by atoms with van der Waals surface area (Å²) in [5.74, 6) is -1.03. The van der Waals surface area contributed by atoms with Crippen molar-refractivity contribution in [2.45, 2.75) is 316 Å². The predicted octanol–water partition coefficient (Wildman–Crippen LogP) is 22.6. The van der Waals surface area contributed by atoms with Gasteiger partial charge in [-0.15, -0.1) is 0 Å². The average Bonchev–Trinajstić information content (AvgIpc) is 3.44. The highest BCUT2D eigenvalue weighted by molar-refractivity contribution is 5.72. The first kappa shape index (κ1) is 74.1. The Morgan fingerprint density at radius 2 is 0.538 bits per heavy atom. The molecule has 0 amide bonds. The summed E-state index contributed by atoms with van der Waals surface area (Å²) in [6, 6.07) is 0. The summed E-state index contributed by atoms with van der Waals surface area (Å²) in [7, 11) is 0. The van der Waals surface area contributed by atoms with Crippen molar-refractivity contribution in [3.63, 3.8) is 0 Å². The summed E-state index contributed by atoms with van der Waals surface area (Å²) in [6.07, 6.45) is 90.0. The van der Waals surface area contributed by atoms with Crippen molar-refractivity contribution in [1.29, 1.82) is 0 Å². The molecule has 0 saturated carbocycles. The number of allylic oxidation sites excluding steroid dienone is 17. The van der Waals surface area contributed by atoms with E-state index in [0.717, 1.165) is 96.3 Å². The van der Waals surface area contributed by atoms with Gasteiger partial charge in [0.05, 0.1) is 6.42 Å². The minimum absolute atomic E-state index is 0.0980. The molecule has 6 nitrogen and oxygen atoms in total. The van der Waals surface area contributed by atoms with Crippen LogP contribution in [0.15, 0.2) is 109 Å². The Kier molecular flexibility index (Phi) is 62.3. The summed E-state index contributed by atoms with van der Waals surface area (Å²) in [4.78, 5) is 38.2. The third-order valence-electron chi connectivity index (χ3n) is 14.1. The maximum Gasteiger partial charge on any atom is 0.310 e. The van der Waals surface area contributed by atoms with E-state index in [1.54, 1.807) is 6.08 Å². The van der Waals surface area contributed by atoms with Gasteiger partial charge in [0.2, 0.25) is 0 Å². The normalized spacial score (nSPS) is 12.8. The van der Waals surface area contributed by atoms with Crippen LogP contribution >= 0.6 is 0 Å². The molecule has 0 aromatic carbocycles. The van der Waals surface area contributed by atoms with Gasteiger partial charge in [0, 0.05) is 12.8 Å². The van der Waals surface area contributed by atoms with Gasteiger partial charge < -0.3 is 14.2 Å². The second kappa shape index (κ2) is 65.6. The zero-order chi connectivity index (χ0) is 56.4. The molecule has 0 aliphatic rings. The van der Waals surface area contributed by atoms with Crippen molar-refractivity contribution >= 4 is 17.9 Å². The van der Waals surface area contributed by atoms with Crippen molar-refractivity contribution in [2.24, 2.45) is 0 Å². The quantitative estimate of drug-likeness (QED) is 0.0261. The smallest absolute Gasteiger partial charge is 0.310 e. The highest BCUT2D eigenvalue weighted by Gasteiger charge is 2.19. The summed E-state index contributed by atoms with van der Waals surface area (Å²) in [5.41, 5.74) is 0. The Bertz CT molecular complexity index is 1570. The Morgan fingerprint density at radius 3 is 0.846 bits per heavy atom. The number of esters is 3. The molecular formula is C72H122O6. The molecule has 446 valence electrons. The standard InChI is InChI=1S/C72H122O6/c1-4-7-10-13-16-19-22-25-28-29-30-31-32-33-34-35-36-37-38-39-40-41-42-43-45-47-50-53-56-59-62-65-71(74)77-68-69(67-76-70(73)64-61-58-55-52-49-46-27-24-21-18-15-12-9-6-3)78-72(75)66-63-60-57-54-51-48-44-26-23-20-17-14-11-8-5-2/h7-8,10-11,16-17,19-20,25-26,28,30-31,44,51,54,60,63,69H,4-6,9,12-15,18,21-24,27,29,32-43,45-50,52-53,55-59,61-62,64-68H2,1-3H3/b10-7-,11-8-,19-16-,20-17-,28-25-,31-30-,44-26-,54-51-,63-60-. The lowest BCUT2D eigenvalue weighted by Crippen LogP contribution is -2.30. The summed E-state index contributed by atoms with van der Waals surface area (Å²) >= 11 is 0. The molecule has 0 aromatic rings. The van der Waals surface area contributed by atoms with Gasteiger partial charge in [0.15, 0.2) is 6.10 Å². The molecule has 0 saturated heterocycles. The van der Waals surface area contributed by atoms with Gasteiger partial charge in [-0.05, 0) is 83.5 Å². The van der Waals surface area contributed by atoms with E-state index in [9.17, 15) is 14.4 Å². The molecule has 6 heteroatoms. The van der Waals surface area contributed by atoms with Gasteiger partial charge >= 0.3 is 17.9 Å². The van der Waals surface area contributed by atoms with Crippen LogP contribution in [0.2, 0.25) is 0 Å². The van der Waals surface area contributed by atoms with E-state index in [2.05, 4.69) is 118 Å². The first-order chi connectivity index (χ1) is 38.5. The van der Waals surface area contributed by atoms with Gasteiger partial charge in [0.1, 0.15) is 13.2 Å². The number of carbonyl (C=O) groups excluding carboxylic acids is 3. The highest BCUT2D eigenvalue weighted by Crippen LogP contribution is 2.17. The van der Waals surface area contributed by atoms with Crippen molar-refractivity contribution < 1.29 is 28.6 Å². The number of hydrogen-bond acceptors (Lipinski definition) is 6. The first-order valence-corrected chi connectivity index (χ1v) is 32.9. The van der Waals surface area contributed by atoms with Crippen LogP contribution in [0.25, 0.3) is 0 Å². The minimum atomic E-state index is -0.831. The van der Waals surface area contributed by atoms with Crippen LogP contribution in [-0.2, 0) is 28.6 Å². The van der Waals surface area contributed by atoms with Gasteiger partial charge in [0.25, 0.3) is 0 Å². The third kappa shape index (κ3) is 62.9. The van der Waals surface area contributed by atoms with Crippen LogP contribution in [0.5, 0.6) is 0 Å². The van der Waals surface area contributed by atoms with Crippen LogP contribution in [0.1, 0.15) is 310 Å². The molecule has 0 N–H and O–H groups in total. The fourth-order valence-electron chi connectivity index (χ4n) is 9.22. The van der Waals surface area contributed by atoms with E-state index in [1.165, 1.54) is 173 Å². The molecule has 0 aliphatic carbocycles. The molecule has 0 bridgehead atoms. The van der Waals surface area contributed by atoms with Gasteiger partial charge in [-0.1, -0.05) is 316 Å². The Balaban J connectivity index is 4.24. The van der Waals surface area contributed by atoms with Crippen molar-refractivity contribution in [3.8, 4) is 0 Å². The maximum absolute atomic E-state index is 12.8. The predicted molar refractivity (Wildman–Crippen MR) is 339 cm³/mol. The third-order valence-corrected chi connectivity index (χ3v) is 14.1. The van der Waals surface area contributed by atoms with Gasteiger partial charge in [-0.25, -0.2) is 0 Å². The first-order valence-electron chi connectivity index (χ1n) is 32.9. The molecule has 1 unspecified atom stereocenters. The van der Waals surface area contributed by atoms with E-state index in [4.69, 9.17) is 14.2 Å². The molecule has 0 aromatic heterocycles. The van der Waals surface area contributed by atoms with E-state index < -0.39 is 12.1 Å². The lowest BCUT2D eigenvalue weighted by atomic mass is 10.0. The lowest BCUT2D eigenvalue weighted by molar-refractivity contribution is -0.166. The van der Waals surface area contributed by atoms with E-state index in [0.29, 0.717) is 12.8 Å². The van der Waals surface area contributed by atoms with Gasteiger partial charge in [-0.2, -0.15) is 0 Å². The number of unbranched alkanes of at least 4 members (excludes halogenated alkanes) is 31. The zero-order valence-electron chi connectivity index (χ0n) is 51.2. The molecule has 78 heavy (non-hydrogen) atoms. The summed E-state index contributed by atoms with van der Waals surface area (Å²) < 4.78 is 16.8. The largest absolute Gasteiger partial charge is 0.462 e. The maximum atomic E-state index is 12.8. The number of carbonyl (C=O) groups is 3. The van der Waals surface area contributed by atoms with Crippen molar-refractivity contribution in [1.82, 2.24) is 0 Å². The zero-order valence-corrected chi connectivity index (χ0v) is 51.2. The summed E-state index contributed by atoms with van der Waals surface area (Å²) in [6.45, 7) is 6.36.